The summed E-state index contributed by atoms with van der Waals surface area (Å²) in [5.41, 5.74) is 5.91. The van der Waals surface area contributed by atoms with Gasteiger partial charge in [-0.1, -0.05) is 15.9 Å². The number of nitrogens with one attached hydrogen (secondary N) is 4. The van der Waals surface area contributed by atoms with Crippen LogP contribution in [0.1, 0.15) is 10.4 Å². The van der Waals surface area contributed by atoms with Crippen molar-refractivity contribution in [1.82, 2.24) is 20.7 Å². The zero-order valence-corrected chi connectivity index (χ0v) is 18.3. The second-order valence-electron chi connectivity index (χ2n) is 5.77. The predicted octanol–water partition coefficient (Wildman–Crippen LogP) is 0.951. The maximum atomic E-state index is 12.5. The fourth-order valence-electron chi connectivity index (χ4n) is 2.28. The Hall–Kier alpha value is -2.09. The number of hydrogen-bond acceptors (Lipinski definition) is 7. The molecule has 6 N–H and O–H groups in total. The number of nitrogens with two attached hydrogens (primary N) is 1. The number of carbonyl (C=O) groups is 2. The molecule has 2 rings (SSSR count). The molecule has 0 aromatic carbocycles. The average molecular weight is 494 g/mol. The smallest absolute Gasteiger partial charge is 0.334 e. The number of alkyl halides is 1. The molecule has 0 radical (unpaired) electrons. The van der Waals surface area contributed by atoms with Crippen LogP contribution in [0.3, 0.4) is 0 Å². The number of urea groups is 2. The second-order valence-corrected chi connectivity index (χ2v) is 10.1. The largest absolute Gasteiger partial charge is 0.384 e. The van der Waals surface area contributed by atoms with Gasteiger partial charge in [0.25, 0.3) is 10.0 Å². The average Bonchev–Trinajstić information content (AvgIpc) is 2.93. The molecule has 1 aliphatic heterocycles. The van der Waals surface area contributed by atoms with Crippen LogP contribution in [0.15, 0.2) is 34.4 Å². The van der Waals surface area contributed by atoms with E-state index in [4.69, 9.17) is 10.5 Å². The van der Waals surface area contributed by atoms with Crippen LogP contribution in [0.2, 0.25) is 0 Å². The van der Waals surface area contributed by atoms with E-state index >= 15 is 0 Å². The maximum Gasteiger partial charge on any atom is 0.334 e. The van der Waals surface area contributed by atoms with Gasteiger partial charge in [-0.05, 0) is 30.7 Å². The molecule has 0 saturated heterocycles. The van der Waals surface area contributed by atoms with E-state index in [2.05, 4.69) is 31.9 Å². The molecule has 4 amide bonds. The number of methoxy groups -OCH3 is 1. The molecule has 0 spiro atoms. The molecule has 2 heterocycles. The second kappa shape index (κ2) is 8.94. The van der Waals surface area contributed by atoms with Crippen molar-refractivity contribution in [1.29, 1.82) is 0 Å². The molecule has 13 heteroatoms. The number of rotatable bonds is 7. The first kappa shape index (κ1) is 22.2. The van der Waals surface area contributed by atoms with Crippen LogP contribution in [0.4, 0.5) is 9.59 Å². The number of thiophene rings is 1. The van der Waals surface area contributed by atoms with Gasteiger partial charge in [-0.25, -0.2) is 22.7 Å². The number of halogens is 1. The number of primary amides is 1. The molecule has 1 aromatic rings. The zero-order valence-electron chi connectivity index (χ0n) is 15.0. The highest BCUT2D eigenvalue weighted by atomic mass is 79.9. The molecule has 1 atom stereocenters. The molecule has 154 valence electrons. The van der Waals surface area contributed by atoms with E-state index in [0.717, 1.165) is 21.8 Å². The summed E-state index contributed by atoms with van der Waals surface area (Å²) in [7, 11) is -2.48. The van der Waals surface area contributed by atoms with E-state index in [1.54, 1.807) is 14.0 Å². The SMILES string of the molecule is COCCc1sc(S(=O)(=O)NC(=O)NC2=CC(Br)(NC(N)=O)C=CN2)cc1C. The van der Waals surface area contributed by atoms with Gasteiger partial charge in [0.2, 0.25) is 0 Å². The van der Waals surface area contributed by atoms with Crippen LogP contribution in [0, 0.1) is 6.92 Å². The van der Waals surface area contributed by atoms with E-state index < -0.39 is 26.5 Å². The lowest BCUT2D eigenvalue weighted by Gasteiger charge is -2.25. The number of aryl methyl sites for hydroxylation is 1. The highest BCUT2D eigenvalue weighted by Gasteiger charge is 2.27. The van der Waals surface area contributed by atoms with Gasteiger partial charge < -0.3 is 21.1 Å². The molecule has 0 fully saturated rings. The van der Waals surface area contributed by atoms with Crippen molar-refractivity contribution in [3.8, 4) is 0 Å². The van der Waals surface area contributed by atoms with Crippen LogP contribution < -0.4 is 26.4 Å². The Morgan fingerprint density at radius 1 is 1.43 bits per heavy atom. The number of carbonyl (C=O) groups excluding carboxylic acids is 2. The van der Waals surface area contributed by atoms with Gasteiger partial charge in [0.1, 0.15) is 14.5 Å². The molecular formula is C15H20BrN5O5S2. The Balaban J connectivity index is 2.07. The minimum atomic E-state index is -4.04. The molecule has 0 aliphatic carbocycles. The van der Waals surface area contributed by atoms with Crippen LogP contribution in [-0.2, 0) is 21.2 Å². The van der Waals surface area contributed by atoms with Gasteiger partial charge in [-0.3, -0.25) is 5.32 Å². The third kappa shape index (κ3) is 5.95. The maximum absolute atomic E-state index is 12.5. The Bertz CT molecular complexity index is 927. The van der Waals surface area contributed by atoms with Gasteiger partial charge >= 0.3 is 12.1 Å². The van der Waals surface area contributed by atoms with E-state index in [0.29, 0.717) is 13.0 Å². The number of ether oxygens (including phenoxy) is 1. The quantitative estimate of drug-likeness (QED) is 0.281. The molecule has 28 heavy (non-hydrogen) atoms. The number of dihydropyridines is 1. The molecule has 0 saturated carbocycles. The lowest BCUT2D eigenvalue weighted by atomic mass is 10.2. The summed E-state index contributed by atoms with van der Waals surface area (Å²) < 4.78 is 30.8. The van der Waals surface area contributed by atoms with Crippen LogP contribution in [0.5, 0.6) is 0 Å². The minimum absolute atomic E-state index is 0.0296. The third-order valence-electron chi connectivity index (χ3n) is 3.51. The lowest BCUT2D eigenvalue weighted by molar-refractivity contribution is 0.203. The first-order valence-corrected chi connectivity index (χ1v) is 11.0. The van der Waals surface area contributed by atoms with Crippen LogP contribution >= 0.6 is 27.3 Å². The van der Waals surface area contributed by atoms with Gasteiger partial charge in [0.05, 0.1) is 6.61 Å². The van der Waals surface area contributed by atoms with Crippen molar-refractivity contribution >= 4 is 49.4 Å². The van der Waals surface area contributed by atoms with Gasteiger partial charge in [0.15, 0.2) is 0 Å². The Morgan fingerprint density at radius 2 is 2.14 bits per heavy atom. The molecular weight excluding hydrogens is 474 g/mol. The predicted molar refractivity (Wildman–Crippen MR) is 108 cm³/mol. The van der Waals surface area contributed by atoms with E-state index in [9.17, 15) is 18.0 Å². The summed E-state index contributed by atoms with van der Waals surface area (Å²) in [6.45, 7) is 2.26. The van der Waals surface area contributed by atoms with Gasteiger partial charge in [-0.15, -0.1) is 11.3 Å². The van der Waals surface area contributed by atoms with E-state index in [1.165, 1.54) is 24.4 Å². The Labute approximate surface area is 174 Å². The molecule has 0 bridgehead atoms. The van der Waals surface area contributed by atoms with Crippen molar-refractivity contribution in [2.24, 2.45) is 5.73 Å². The normalized spacial score (nSPS) is 18.8. The first-order chi connectivity index (χ1) is 13.0. The molecule has 1 aromatic heterocycles. The monoisotopic (exact) mass is 493 g/mol. The van der Waals surface area contributed by atoms with Crippen LogP contribution in [0.25, 0.3) is 0 Å². The zero-order chi connectivity index (χ0) is 20.9. The molecule has 1 unspecified atom stereocenters. The summed E-state index contributed by atoms with van der Waals surface area (Å²) in [6.07, 6.45) is 4.97. The standard InChI is InChI=1S/C15H20BrN5O5S2/c1-9-7-12(27-10(9)3-6-26-2)28(24,25)21-14(23)19-11-8-15(16,4-5-18-11)20-13(17)22/h4-5,7-8,18H,3,6H2,1-2H3,(H3,17,20,22)(H2,19,21,23). The van der Waals surface area contributed by atoms with E-state index in [1.807, 2.05) is 4.72 Å². The Morgan fingerprint density at radius 3 is 2.79 bits per heavy atom. The summed E-state index contributed by atoms with van der Waals surface area (Å²) in [5, 5.41) is 7.50. The third-order valence-corrected chi connectivity index (χ3v) is 7.30. The van der Waals surface area contributed by atoms with Crippen LogP contribution in [-0.4, -0.2) is 38.6 Å². The molecule has 10 nitrogen and oxygen atoms in total. The fraction of sp³-hybridized carbons (Fsp3) is 0.333. The van der Waals surface area contributed by atoms with E-state index in [-0.39, 0.29) is 10.0 Å². The Kier molecular flexibility index (Phi) is 7.09. The van der Waals surface area contributed by atoms with Crippen molar-refractivity contribution in [3.63, 3.8) is 0 Å². The lowest BCUT2D eigenvalue weighted by Crippen LogP contribution is -2.48. The summed E-state index contributed by atoms with van der Waals surface area (Å²) >= 11 is 4.32. The topological polar surface area (TPSA) is 152 Å². The summed E-state index contributed by atoms with van der Waals surface area (Å²) in [6, 6.07) is -0.247. The fourth-order valence-corrected chi connectivity index (χ4v) is 5.31. The number of hydrogen-bond donors (Lipinski definition) is 5. The van der Waals surface area contributed by atoms with Crippen molar-refractivity contribution in [3.05, 3.63) is 40.7 Å². The van der Waals surface area contributed by atoms with Gasteiger partial charge in [0, 0.05) is 24.6 Å². The minimum Gasteiger partial charge on any atom is -0.384 e. The van der Waals surface area contributed by atoms with Crippen molar-refractivity contribution in [2.75, 3.05) is 13.7 Å². The van der Waals surface area contributed by atoms with Crippen molar-refractivity contribution < 1.29 is 22.7 Å². The highest BCUT2D eigenvalue weighted by Crippen LogP contribution is 2.26. The summed E-state index contributed by atoms with van der Waals surface area (Å²) in [4.78, 5) is 24.1. The first-order valence-electron chi connectivity index (χ1n) is 7.90. The summed E-state index contributed by atoms with van der Waals surface area (Å²) in [5.74, 6) is 0.143. The number of amides is 4. The molecule has 1 aliphatic rings. The van der Waals surface area contributed by atoms with Gasteiger partial charge in [-0.2, -0.15) is 0 Å². The highest BCUT2D eigenvalue weighted by molar-refractivity contribution is 9.10. The number of sulfonamides is 1. The van der Waals surface area contributed by atoms with Crippen molar-refractivity contribution in [2.45, 2.75) is 22.0 Å².